The molecule has 0 N–H and O–H groups in total. The lowest BCUT2D eigenvalue weighted by Gasteiger charge is -2.22. The molecule has 0 aliphatic carbocycles. The van der Waals surface area contributed by atoms with Crippen molar-refractivity contribution in [1.82, 2.24) is 0 Å². The normalized spacial score (nSPS) is 29.9. The highest BCUT2D eigenvalue weighted by Crippen LogP contribution is 2.08. The zero-order valence-corrected chi connectivity index (χ0v) is 4.31. The smallest absolute Gasteiger partial charge is 0.187 e. The fraction of sp³-hybridized carbons (Fsp3) is 0.800. The van der Waals surface area contributed by atoms with E-state index >= 15 is 0 Å². The van der Waals surface area contributed by atoms with Crippen molar-refractivity contribution in [3.63, 3.8) is 0 Å². The Labute approximate surface area is 42.5 Å². The molecular weight excluding hydrogens is 92.1 g/mol. The van der Waals surface area contributed by atoms with Crippen LogP contribution in [-0.2, 0) is 9.53 Å². The third-order valence-electron chi connectivity index (χ3n) is 1.16. The Kier molecular flexibility index (Phi) is 1.11. The van der Waals surface area contributed by atoms with Crippen LogP contribution >= 0.6 is 0 Å². The molecule has 0 unspecified atom stereocenters. The van der Waals surface area contributed by atoms with Gasteiger partial charge in [0.05, 0.1) is 0 Å². The summed E-state index contributed by atoms with van der Waals surface area (Å²) in [5, 5.41) is 0. The van der Waals surface area contributed by atoms with Crippen molar-refractivity contribution in [1.29, 1.82) is 0 Å². The van der Waals surface area contributed by atoms with E-state index in [2.05, 4.69) is 0 Å². The van der Waals surface area contributed by atoms with Crippen LogP contribution in [0, 0.1) is 0 Å². The second-order valence-electron chi connectivity index (χ2n) is 1.67. The minimum Gasteiger partial charge on any atom is -0.362 e. The summed E-state index contributed by atoms with van der Waals surface area (Å²) in [5.74, 6) is 0.252. The topological polar surface area (TPSA) is 26.3 Å². The van der Waals surface area contributed by atoms with Gasteiger partial charge < -0.3 is 4.74 Å². The first-order chi connectivity index (χ1) is 3.34. The minimum absolute atomic E-state index is 0.0556. The highest BCUT2D eigenvalue weighted by molar-refractivity contribution is 5.88. The monoisotopic (exact) mass is 100 g/mol. The second kappa shape index (κ2) is 1.62. The molecule has 2 heteroatoms. The van der Waals surface area contributed by atoms with Crippen LogP contribution in [0.4, 0.5) is 0 Å². The predicted molar refractivity (Wildman–Crippen MR) is 25.0 cm³/mol. The van der Waals surface area contributed by atoms with Gasteiger partial charge in [0.2, 0.25) is 0 Å². The number of ether oxygens (including phenoxy) is 1. The summed E-state index contributed by atoms with van der Waals surface area (Å²) in [6, 6.07) is 0. The predicted octanol–water partition coefficient (Wildman–Crippen LogP) is 0.364. The Morgan fingerprint density at radius 2 is 2.71 bits per heavy atom. The van der Waals surface area contributed by atoms with Gasteiger partial charge >= 0.3 is 0 Å². The molecule has 1 aliphatic heterocycles. The minimum atomic E-state index is -0.0556. The van der Waals surface area contributed by atoms with Gasteiger partial charge in [-0.2, -0.15) is 0 Å². The number of carbonyl (C=O) groups is 1. The summed E-state index contributed by atoms with van der Waals surface area (Å²) >= 11 is 0. The third-order valence-corrected chi connectivity index (χ3v) is 1.16. The van der Waals surface area contributed by atoms with Crippen LogP contribution in [0.25, 0.3) is 0 Å². The van der Waals surface area contributed by atoms with Gasteiger partial charge in [-0.1, -0.05) is 6.92 Å². The molecule has 40 valence electrons. The summed E-state index contributed by atoms with van der Waals surface area (Å²) in [5.41, 5.74) is 0. The first-order valence-electron chi connectivity index (χ1n) is 2.49. The summed E-state index contributed by atoms with van der Waals surface area (Å²) < 4.78 is 4.84. The van der Waals surface area contributed by atoms with Crippen molar-refractivity contribution in [2.75, 3.05) is 6.61 Å². The Morgan fingerprint density at radius 3 is 2.71 bits per heavy atom. The van der Waals surface area contributed by atoms with Crippen LogP contribution in [-0.4, -0.2) is 18.5 Å². The van der Waals surface area contributed by atoms with Gasteiger partial charge in [-0.3, -0.25) is 4.79 Å². The van der Waals surface area contributed by atoms with Crippen molar-refractivity contribution in [2.24, 2.45) is 0 Å². The Bertz CT molecular complexity index is 86.1. The van der Waals surface area contributed by atoms with Gasteiger partial charge in [-0.15, -0.1) is 0 Å². The van der Waals surface area contributed by atoms with Crippen LogP contribution in [0.1, 0.15) is 13.3 Å². The van der Waals surface area contributed by atoms with Gasteiger partial charge in [0.25, 0.3) is 0 Å². The van der Waals surface area contributed by atoms with Crippen molar-refractivity contribution in [2.45, 2.75) is 19.4 Å². The van der Waals surface area contributed by atoms with Crippen LogP contribution in [0.5, 0.6) is 0 Å². The maximum atomic E-state index is 10.3. The highest BCUT2D eigenvalue weighted by Gasteiger charge is 2.26. The van der Waals surface area contributed by atoms with Gasteiger partial charge in [0, 0.05) is 0 Å². The summed E-state index contributed by atoms with van der Waals surface area (Å²) in [6.45, 7) is 2.29. The molecule has 0 bridgehead atoms. The van der Waals surface area contributed by atoms with Gasteiger partial charge in [0.1, 0.15) is 12.7 Å². The largest absolute Gasteiger partial charge is 0.362 e. The molecule has 2 nitrogen and oxygen atoms in total. The quantitative estimate of drug-likeness (QED) is 0.475. The maximum absolute atomic E-state index is 10.3. The van der Waals surface area contributed by atoms with Crippen LogP contribution < -0.4 is 0 Å². The van der Waals surface area contributed by atoms with Gasteiger partial charge in [-0.05, 0) is 6.42 Å². The zero-order chi connectivity index (χ0) is 5.28. The average Bonchev–Trinajstić information content (AvgIpc) is 1.65. The van der Waals surface area contributed by atoms with E-state index in [0.717, 1.165) is 6.42 Å². The van der Waals surface area contributed by atoms with E-state index in [1.807, 2.05) is 6.92 Å². The number of rotatable bonds is 1. The van der Waals surface area contributed by atoms with Gasteiger partial charge in [0.15, 0.2) is 5.78 Å². The Morgan fingerprint density at radius 1 is 2.00 bits per heavy atom. The number of carbonyl (C=O) groups excluding carboxylic acids is 1. The molecule has 0 aromatic rings. The molecule has 1 atom stereocenters. The molecule has 1 heterocycles. The van der Waals surface area contributed by atoms with E-state index in [-0.39, 0.29) is 11.9 Å². The molecule has 0 amide bonds. The number of ketones is 1. The molecule has 1 rings (SSSR count). The van der Waals surface area contributed by atoms with Crippen molar-refractivity contribution < 1.29 is 9.53 Å². The molecule has 0 spiro atoms. The van der Waals surface area contributed by atoms with Crippen molar-refractivity contribution in [3.8, 4) is 0 Å². The third kappa shape index (κ3) is 0.657. The van der Waals surface area contributed by atoms with Crippen LogP contribution in [0.15, 0.2) is 0 Å². The standard InChI is InChI=1S/C5H8O2/c1-2-5-4(6)3-7-5/h5H,2-3H2,1H3/t5-/m1/s1. The molecule has 0 saturated carbocycles. The first-order valence-corrected chi connectivity index (χ1v) is 2.49. The van der Waals surface area contributed by atoms with Gasteiger partial charge in [-0.25, -0.2) is 0 Å². The van der Waals surface area contributed by atoms with Crippen molar-refractivity contribution >= 4 is 5.78 Å². The molecular formula is C5H8O2. The molecule has 1 saturated heterocycles. The lowest BCUT2D eigenvalue weighted by molar-refractivity contribution is -0.154. The lowest BCUT2D eigenvalue weighted by atomic mass is 10.1. The Hall–Kier alpha value is -0.370. The average molecular weight is 100 g/mol. The van der Waals surface area contributed by atoms with E-state index in [1.54, 1.807) is 0 Å². The SMILES string of the molecule is CC[C@H]1OCC1=O. The number of hydrogen-bond donors (Lipinski definition) is 0. The van der Waals surface area contributed by atoms with E-state index in [0.29, 0.717) is 6.61 Å². The second-order valence-corrected chi connectivity index (χ2v) is 1.67. The van der Waals surface area contributed by atoms with Crippen molar-refractivity contribution in [3.05, 3.63) is 0 Å². The zero-order valence-electron chi connectivity index (χ0n) is 4.31. The number of hydrogen-bond acceptors (Lipinski definition) is 2. The highest BCUT2D eigenvalue weighted by atomic mass is 16.5. The van der Waals surface area contributed by atoms with E-state index in [1.165, 1.54) is 0 Å². The molecule has 0 aromatic heterocycles. The van der Waals surface area contributed by atoms with E-state index in [4.69, 9.17) is 4.74 Å². The lowest BCUT2D eigenvalue weighted by Crippen LogP contribution is -2.39. The van der Waals surface area contributed by atoms with E-state index in [9.17, 15) is 4.79 Å². The number of Topliss-reactive ketones (excluding diaryl/α,β-unsaturated/α-hetero) is 1. The summed E-state index contributed by atoms with van der Waals surface area (Å²) in [4.78, 5) is 10.3. The summed E-state index contributed by atoms with van der Waals surface area (Å²) in [7, 11) is 0. The Balaban J connectivity index is 2.29. The van der Waals surface area contributed by atoms with Crippen LogP contribution in [0.3, 0.4) is 0 Å². The molecule has 0 aromatic carbocycles. The summed E-state index contributed by atoms with van der Waals surface area (Å²) in [6.07, 6.45) is 0.777. The molecule has 1 fully saturated rings. The first kappa shape index (κ1) is 4.78. The van der Waals surface area contributed by atoms with Crippen LogP contribution in [0.2, 0.25) is 0 Å². The molecule has 0 radical (unpaired) electrons. The molecule has 1 aliphatic rings. The van der Waals surface area contributed by atoms with E-state index < -0.39 is 0 Å². The fourth-order valence-electron chi connectivity index (χ4n) is 0.615. The molecule has 7 heavy (non-hydrogen) atoms. The fourth-order valence-corrected chi connectivity index (χ4v) is 0.615. The maximum Gasteiger partial charge on any atom is 0.187 e.